The van der Waals surface area contributed by atoms with Gasteiger partial charge in [-0.15, -0.1) is 0 Å². The molecule has 2 nitrogen and oxygen atoms in total. The van der Waals surface area contributed by atoms with Gasteiger partial charge in [0.2, 0.25) is 0 Å². The summed E-state index contributed by atoms with van der Waals surface area (Å²) in [5.41, 5.74) is 5.63. The number of halogens is 8. The van der Waals surface area contributed by atoms with E-state index in [0.29, 0.717) is 12.1 Å². The van der Waals surface area contributed by atoms with Gasteiger partial charge in [0.05, 0.1) is 89.6 Å². The van der Waals surface area contributed by atoms with Crippen LogP contribution in [0.25, 0.3) is 0 Å². The van der Waals surface area contributed by atoms with E-state index in [2.05, 4.69) is 252 Å². The molecule has 4 unspecified atom stereocenters. The fraction of sp³-hybridized carbons (Fsp3) is 0.172. The molecule has 0 aromatic heterocycles. The molecule has 10 rings (SSSR count). The fourth-order valence-electron chi connectivity index (χ4n) is 9.78. The van der Waals surface area contributed by atoms with Crippen molar-refractivity contribution in [1.82, 2.24) is 9.80 Å². The van der Waals surface area contributed by atoms with Crippen LogP contribution in [0.1, 0.15) is 34.3 Å². The second kappa shape index (κ2) is 30.4. The van der Waals surface area contributed by atoms with Crippen molar-refractivity contribution in [3.63, 3.8) is 0 Å². The van der Waals surface area contributed by atoms with Crippen LogP contribution in [0.4, 0.5) is 34.5 Å². The van der Waals surface area contributed by atoms with Crippen molar-refractivity contribution in [2.45, 2.75) is 12.1 Å². The molecule has 2 aliphatic heterocycles. The first-order valence-electron chi connectivity index (χ1n) is 24.8. The molecule has 0 bridgehead atoms. The molecule has 0 N–H and O–H groups in total. The number of hydrogen-bond acceptors (Lipinski definition) is 2. The van der Waals surface area contributed by atoms with Crippen LogP contribution < -0.4 is 21.2 Å². The summed E-state index contributed by atoms with van der Waals surface area (Å²) in [5.74, 6) is 0. The molecule has 8 aromatic carbocycles. The van der Waals surface area contributed by atoms with Crippen molar-refractivity contribution < 1.29 is 51.0 Å². The summed E-state index contributed by atoms with van der Waals surface area (Å²) < 4.78 is 78.0. The van der Waals surface area contributed by atoms with Crippen molar-refractivity contribution in [3.05, 3.63) is 265 Å². The summed E-state index contributed by atoms with van der Waals surface area (Å²) in [6.07, 6.45) is 10.3. The maximum Gasteiger partial charge on any atom is 2.00 e. The van der Waals surface area contributed by atoms with Gasteiger partial charge in [0.1, 0.15) is 25.1 Å². The maximum absolute atomic E-state index is 9.75. The zero-order valence-electron chi connectivity index (χ0n) is 41.3. The predicted octanol–water partition coefficient (Wildman–Crippen LogP) is 14.8. The summed E-state index contributed by atoms with van der Waals surface area (Å²) in [6, 6.07) is 90.4. The van der Waals surface area contributed by atoms with E-state index in [1.165, 1.54) is 72.0 Å². The van der Waals surface area contributed by atoms with Gasteiger partial charge in [0.25, 0.3) is 0 Å². The number of hydrogen-bond donors (Lipinski definition) is 0. The number of rotatable bonds is 10. The van der Waals surface area contributed by atoms with Crippen molar-refractivity contribution in [2.75, 3.05) is 49.8 Å². The topological polar surface area (TPSA) is 6.48 Å². The van der Waals surface area contributed by atoms with Gasteiger partial charge in [0.15, 0.2) is 0 Å². The molecular weight excluding hydrogens is 1080 g/mol. The van der Waals surface area contributed by atoms with Crippen LogP contribution >= 0.6 is 31.7 Å². The third-order valence-electron chi connectivity index (χ3n) is 13.0. The largest absolute Gasteiger partial charge is 2.00 e. The summed E-state index contributed by atoms with van der Waals surface area (Å²) in [4.78, 5) is 5.67. The zero-order chi connectivity index (χ0) is 52.2. The molecule has 2 fully saturated rings. The van der Waals surface area contributed by atoms with Crippen LogP contribution in [0.15, 0.2) is 243 Å². The second-order valence-electron chi connectivity index (χ2n) is 18.1. The van der Waals surface area contributed by atoms with E-state index in [0.717, 1.165) is 0 Å². The minimum absolute atomic E-state index is 0. The minimum Gasteiger partial charge on any atom is -0.418 e. The standard InChI is InChI=1S/2C29H29NP2.2BF4.Ni/c2*1-5-13-25(14-6-1)29(26-15-7-2-8-16-26)30-23-31(27-17-9-3-10-18-27)21-22-32(24-30)28-19-11-4-12-20-28;2*2-1(3,4)5;/h2*1-20,29H,21-24H2;;;/q;;2*-1;+2/p+4. The van der Waals surface area contributed by atoms with Gasteiger partial charge < -0.3 is 34.5 Å². The first kappa shape index (κ1) is 59.7. The molecule has 0 spiro atoms. The van der Waals surface area contributed by atoms with Gasteiger partial charge in [-0.2, -0.15) is 0 Å². The maximum atomic E-state index is 9.75. The first-order valence-corrected chi connectivity index (χ1v) is 32.5. The van der Waals surface area contributed by atoms with E-state index in [4.69, 9.17) is 0 Å². The summed E-state index contributed by atoms with van der Waals surface area (Å²) in [5, 5.41) is 6.33. The first-order chi connectivity index (χ1) is 35.8. The minimum atomic E-state index is -6.00. The molecule has 2 aliphatic rings. The third kappa shape index (κ3) is 20.1. The zero-order valence-corrected chi connectivity index (χ0v) is 46.3. The van der Waals surface area contributed by atoms with Crippen LogP contribution in [-0.2, 0) is 16.5 Å². The summed E-state index contributed by atoms with van der Waals surface area (Å²) in [7, 11) is -14.6. The SMILES string of the molecule is F[B-](F)(F)F.F[B-](F)(F)F.[Ni+2].c1ccc(C(c2ccccc2)N2C[PH+](c3ccccc3)CC[PH+](c3ccccc3)C2)cc1.c1ccc(C(c2ccccc2)N2C[PH+](c3ccccc3)CC[PH+](c3ccccc3)C2)cc1. The number of nitrogens with zero attached hydrogens (tertiary/aromatic N) is 2. The third-order valence-corrected chi connectivity index (χ3v) is 25.1. The Morgan fingerprint density at radius 3 is 0.573 bits per heavy atom. The average Bonchev–Trinajstić information content (AvgIpc) is 3.78. The van der Waals surface area contributed by atoms with Gasteiger partial charge in [-0.25, -0.2) is 9.80 Å². The van der Waals surface area contributed by atoms with E-state index in [9.17, 15) is 34.5 Å². The normalized spacial score (nSPS) is 18.3. The summed E-state index contributed by atoms with van der Waals surface area (Å²) >= 11 is 0. The Bertz CT molecular complexity index is 2410. The smallest absolute Gasteiger partial charge is 0.418 e. The average molecular weight is 1140 g/mol. The molecule has 75 heavy (non-hydrogen) atoms. The molecule has 8 aromatic rings. The van der Waals surface area contributed by atoms with E-state index < -0.39 is 46.2 Å². The molecule has 0 aliphatic carbocycles. The second-order valence-corrected chi connectivity index (χ2v) is 28.5. The van der Waals surface area contributed by atoms with E-state index >= 15 is 0 Å². The van der Waals surface area contributed by atoms with Gasteiger partial charge in [0, 0.05) is 0 Å². The van der Waals surface area contributed by atoms with Gasteiger partial charge in [-0.3, -0.25) is 0 Å². The van der Waals surface area contributed by atoms with Crippen LogP contribution in [0, 0.1) is 0 Å². The van der Waals surface area contributed by atoms with Gasteiger partial charge in [-0.1, -0.05) is 194 Å². The van der Waals surface area contributed by atoms with E-state index in [1.54, 1.807) is 21.2 Å². The molecule has 0 radical (unpaired) electrons. The molecular formula is C58H62B2F8N2NiP4+4. The Labute approximate surface area is 452 Å². The van der Waals surface area contributed by atoms with Crippen LogP contribution in [0.2, 0.25) is 0 Å². The van der Waals surface area contributed by atoms with Crippen LogP contribution in [0.3, 0.4) is 0 Å². The molecule has 2 heterocycles. The Hall–Kier alpha value is -4.54. The van der Waals surface area contributed by atoms with E-state index in [-0.39, 0.29) is 16.5 Å². The van der Waals surface area contributed by atoms with Crippen molar-refractivity contribution in [1.29, 1.82) is 0 Å². The van der Waals surface area contributed by atoms with Crippen molar-refractivity contribution in [3.8, 4) is 0 Å². The quantitative estimate of drug-likeness (QED) is 0.0765. The van der Waals surface area contributed by atoms with Crippen molar-refractivity contribution >= 4 is 67.4 Å². The molecule has 17 heteroatoms. The van der Waals surface area contributed by atoms with Gasteiger partial charge in [-0.05, 0) is 70.8 Å². The van der Waals surface area contributed by atoms with Crippen LogP contribution in [-0.4, -0.2) is 74.1 Å². The van der Waals surface area contributed by atoms with Crippen molar-refractivity contribution in [2.24, 2.45) is 0 Å². The fourth-order valence-corrected chi connectivity index (χ4v) is 23.4. The number of benzene rings is 8. The molecule has 4 atom stereocenters. The Balaban J connectivity index is 0.000000204. The Morgan fingerprint density at radius 2 is 0.413 bits per heavy atom. The van der Waals surface area contributed by atoms with E-state index in [1.807, 2.05) is 0 Å². The molecule has 392 valence electrons. The Kier molecular flexibility index (Phi) is 24.2. The summed E-state index contributed by atoms with van der Waals surface area (Å²) in [6.45, 7) is 0. The van der Waals surface area contributed by atoms with Crippen LogP contribution in [0.5, 0.6) is 0 Å². The molecule has 0 saturated carbocycles. The van der Waals surface area contributed by atoms with Gasteiger partial charge >= 0.3 is 31.0 Å². The molecule has 2 saturated heterocycles. The Morgan fingerprint density at radius 1 is 0.267 bits per heavy atom. The monoisotopic (exact) mass is 1140 g/mol. The predicted molar refractivity (Wildman–Crippen MR) is 310 cm³/mol. The molecule has 0 amide bonds.